The third-order valence-electron chi connectivity index (χ3n) is 3.95. The predicted molar refractivity (Wildman–Crippen MR) is 93.1 cm³/mol. The van der Waals surface area contributed by atoms with E-state index in [-0.39, 0.29) is 11.8 Å². The zero-order chi connectivity index (χ0) is 16.5. The molecular formula is C18H13N3O2S. The molecule has 0 atom stereocenters. The number of anilines is 1. The summed E-state index contributed by atoms with van der Waals surface area (Å²) in [7, 11) is 0. The Kier molecular flexibility index (Phi) is 3.59. The Labute approximate surface area is 142 Å². The van der Waals surface area contributed by atoms with Crippen molar-refractivity contribution in [2.75, 3.05) is 5.32 Å². The van der Waals surface area contributed by atoms with Crippen LogP contribution >= 0.6 is 11.3 Å². The topological polar surface area (TPSA) is 71.1 Å². The number of hydrogen-bond donors (Lipinski definition) is 2. The molecule has 3 aromatic rings. The summed E-state index contributed by atoms with van der Waals surface area (Å²) in [6, 6.07) is 12.6. The number of aromatic nitrogens is 1. The summed E-state index contributed by atoms with van der Waals surface area (Å²) in [5, 5.41) is 5.68. The Morgan fingerprint density at radius 2 is 2.00 bits per heavy atom. The molecule has 0 saturated heterocycles. The van der Waals surface area contributed by atoms with Gasteiger partial charge in [-0.05, 0) is 29.3 Å². The second-order valence-corrected chi connectivity index (χ2v) is 6.27. The molecule has 1 aliphatic rings. The molecule has 0 fully saturated rings. The van der Waals surface area contributed by atoms with Gasteiger partial charge < -0.3 is 10.6 Å². The summed E-state index contributed by atoms with van der Waals surface area (Å²) in [6.07, 6.45) is 1.78. The minimum atomic E-state index is -0.233. The number of fused-ring (bicyclic) bond motifs is 1. The van der Waals surface area contributed by atoms with Crippen LogP contribution in [0, 0.1) is 0 Å². The van der Waals surface area contributed by atoms with Crippen molar-refractivity contribution in [3.63, 3.8) is 0 Å². The minimum absolute atomic E-state index is 0.167. The van der Waals surface area contributed by atoms with Crippen LogP contribution in [-0.2, 0) is 6.54 Å². The van der Waals surface area contributed by atoms with Crippen LogP contribution in [0.25, 0.3) is 10.4 Å². The number of nitrogens with zero attached hydrogens (tertiary/aromatic N) is 1. The van der Waals surface area contributed by atoms with Gasteiger partial charge in [-0.3, -0.25) is 14.6 Å². The molecule has 0 spiro atoms. The van der Waals surface area contributed by atoms with Crippen LogP contribution in [0.2, 0.25) is 0 Å². The van der Waals surface area contributed by atoms with Gasteiger partial charge in [0.15, 0.2) is 0 Å². The number of carbonyl (C=O) groups is 2. The zero-order valence-corrected chi connectivity index (χ0v) is 13.4. The van der Waals surface area contributed by atoms with E-state index in [4.69, 9.17) is 0 Å². The quantitative estimate of drug-likeness (QED) is 0.771. The fourth-order valence-electron chi connectivity index (χ4n) is 2.82. The zero-order valence-electron chi connectivity index (χ0n) is 12.6. The van der Waals surface area contributed by atoms with Gasteiger partial charge in [-0.15, -0.1) is 11.3 Å². The fourth-order valence-corrected chi connectivity index (χ4v) is 3.49. The molecule has 0 unspecified atom stereocenters. The average molecular weight is 335 g/mol. The van der Waals surface area contributed by atoms with Crippen LogP contribution in [0.1, 0.15) is 26.3 Å². The molecule has 2 aromatic carbocycles. The number of rotatable bonds is 3. The van der Waals surface area contributed by atoms with E-state index in [1.165, 1.54) is 11.3 Å². The lowest BCUT2D eigenvalue weighted by Crippen LogP contribution is -2.17. The highest BCUT2D eigenvalue weighted by atomic mass is 32.1. The van der Waals surface area contributed by atoms with E-state index in [1.807, 2.05) is 12.1 Å². The smallest absolute Gasteiger partial charge is 0.255 e. The highest BCUT2D eigenvalue weighted by molar-refractivity contribution is 7.13. The van der Waals surface area contributed by atoms with Crippen LogP contribution < -0.4 is 10.6 Å². The fraction of sp³-hybridized carbons (Fsp3) is 0.0556. The van der Waals surface area contributed by atoms with E-state index in [9.17, 15) is 9.59 Å². The van der Waals surface area contributed by atoms with E-state index in [0.29, 0.717) is 23.4 Å². The lowest BCUT2D eigenvalue weighted by Gasteiger charge is -2.11. The Hall–Kier alpha value is -2.99. The van der Waals surface area contributed by atoms with Gasteiger partial charge in [-0.25, -0.2) is 0 Å². The van der Waals surface area contributed by atoms with Gasteiger partial charge in [0.25, 0.3) is 11.8 Å². The van der Waals surface area contributed by atoms with Crippen LogP contribution in [-0.4, -0.2) is 16.8 Å². The standard InChI is InChI=1S/C18H13N3O2S/c22-17(11-4-2-1-3-5-11)21-14-7-6-12(15-9-19-10-24-15)13-8-20-18(23)16(13)14/h1-7,9-10H,8H2,(H,20,23)(H,21,22). The van der Waals surface area contributed by atoms with Crippen LogP contribution in [0.4, 0.5) is 5.69 Å². The molecule has 0 saturated carbocycles. The molecule has 0 bridgehead atoms. The Balaban J connectivity index is 1.74. The SMILES string of the molecule is O=C(Nc1ccc(-c2cncs2)c2c1C(=O)NC2)c1ccccc1. The first kappa shape index (κ1) is 14.6. The van der Waals surface area contributed by atoms with Crippen molar-refractivity contribution in [1.82, 2.24) is 10.3 Å². The first-order valence-electron chi connectivity index (χ1n) is 7.43. The Morgan fingerprint density at radius 1 is 1.17 bits per heavy atom. The summed E-state index contributed by atoms with van der Waals surface area (Å²) >= 11 is 1.52. The number of benzene rings is 2. The van der Waals surface area contributed by atoms with Crippen molar-refractivity contribution in [3.05, 3.63) is 70.9 Å². The van der Waals surface area contributed by atoms with Crippen LogP contribution in [0.3, 0.4) is 0 Å². The summed E-state index contributed by atoms with van der Waals surface area (Å²) in [5.41, 5.74) is 5.25. The molecule has 118 valence electrons. The van der Waals surface area contributed by atoms with Crippen molar-refractivity contribution in [3.8, 4) is 10.4 Å². The Bertz CT molecular complexity index is 921. The van der Waals surface area contributed by atoms with Gasteiger partial charge in [0.05, 0.1) is 21.6 Å². The van der Waals surface area contributed by atoms with Gasteiger partial charge in [-0.1, -0.05) is 24.3 Å². The monoisotopic (exact) mass is 335 g/mol. The molecule has 1 aliphatic heterocycles. The van der Waals surface area contributed by atoms with Gasteiger partial charge in [0, 0.05) is 18.3 Å². The predicted octanol–water partition coefficient (Wildman–Crippen LogP) is 3.31. The molecule has 2 N–H and O–H groups in total. The first-order valence-corrected chi connectivity index (χ1v) is 8.31. The van der Waals surface area contributed by atoms with E-state index >= 15 is 0 Å². The van der Waals surface area contributed by atoms with Gasteiger partial charge in [0.1, 0.15) is 0 Å². The van der Waals surface area contributed by atoms with Gasteiger partial charge in [-0.2, -0.15) is 0 Å². The molecule has 24 heavy (non-hydrogen) atoms. The molecule has 2 heterocycles. The number of carbonyl (C=O) groups excluding carboxylic acids is 2. The minimum Gasteiger partial charge on any atom is -0.348 e. The number of hydrogen-bond acceptors (Lipinski definition) is 4. The van der Waals surface area contributed by atoms with Gasteiger partial charge >= 0.3 is 0 Å². The molecule has 0 aliphatic carbocycles. The molecule has 5 nitrogen and oxygen atoms in total. The van der Waals surface area contributed by atoms with E-state index in [1.54, 1.807) is 42.0 Å². The van der Waals surface area contributed by atoms with Crippen molar-refractivity contribution in [1.29, 1.82) is 0 Å². The first-order chi connectivity index (χ1) is 11.7. The van der Waals surface area contributed by atoms with Crippen molar-refractivity contribution >= 4 is 28.8 Å². The van der Waals surface area contributed by atoms with Crippen LogP contribution in [0.5, 0.6) is 0 Å². The normalized spacial score (nSPS) is 12.6. The third-order valence-corrected chi connectivity index (χ3v) is 4.75. The highest BCUT2D eigenvalue weighted by Crippen LogP contribution is 2.35. The average Bonchev–Trinajstić information content (AvgIpc) is 3.27. The summed E-state index contributed by atoms with van der Waals surface area (Å²) in [4.78, 5) is 29.7. The Morgan fingerprint density at radius 3 is 2.75 bits per heavy atom. The van der Waals surface area contributed by atoms with E-state index in [0.717, 1.165) is 16.0 Å². The maximum Gasteiger partial charge on any atom is 0.255 e. The second kappa shape index (κ2) is 5.90. The lowest BCUT2D eigenvalue weighted by atomic mass is 10.00. The maximum atomic E-state index is 12.4. The van der Waals surface area contributed by atoms with Crippen LogP contribution in [0.15, 0.2) is 54.2 Å². The molecule has 6 heteroatoms. The molecule has 0 radical (unpaired) electrons. The maximum absolute atomic E-state index is 12.4. The molecule has 4 rings (SSSR count). The highest BCUT2D eigenvalue weighted by Gasteiger charge is 2.27. The van der Waals surface area contributed by atoms with Crippen molar-refractivity contribution in [2.45, 2.75) is 6.54 Å². The summed E-state index contributed by atoms with van der Waals surface area (Å²) < 4.78 is 0. The number of nitrogens with one attached hydrogen (secondary N) is 2. The van der Waals surface area contributed by atoms with E-state index in [2.05, 4.69) is 15.6 Å². The van der Waals surface area contributed by atoms with Gasteiger partial charge in [0.2, 0.25) is 0 Å². The lowest BCUT2D eigenvalue weighted by molar-refractivity contribution is 0.0966. The molecule has 1 aromatic heterocycles. The number of thiazole rings is 1. The molecular weight excluding hydrogens is 322 g/mol. The van der Waals surface area contributed by atoms with Crippen molar-refractivity contribution < 1.29 is 9.59 Å². The number of amides is 2. The largest absolute Gasteiger partial charge is 0.348 e. The third kappa shape index (κ3) is 2.47. The van der Waals surface area contributed by atoms with E-state index < -0.39 is 0 Å². The summed E-state index contributed by atoms with van der Waals surface area (Å²) in [6.45, 7) is 0.455. The van der Waals surface area contributed by atoms with Crippen molar-refractivity contribution in [2.24, 2.45) is 0 Å². The second-order valence-electron chi connectivity index (χ2n) is 5.38. The molecule has 2 amide bonds. The summed E-state index contributed by atoms with van der Waals surface area (Å²) in [5.74, 6) is -0.400.